The number of fused-ring (bicyclic) bond motifs is 1. The van der Waals surface area contributed by atoms with Gasteiger partial charge < -0.3 is 15.5 Å². The van der Waals surface area contributed by atoms with E-state index in [-0.39, 0.29) is 42.7 Å². The van der Waals surface area contributed by atoms with E-state index < -0.39 is 29.7 Å². The van der Waals surface area contributed by atoms with E-state index >= 15 is 0 Å². The van der Waals surface area contributed by atoms with Gasteiger partial charge in [0, 0.05) is 28.9 Å². The molecular weight excluding hydrogens is 475 g/mol. The maximum atomic E-state index is 13.1. The van der Waals surface area contributed by atoms with Crippen LogP contribution in [0.5, 0.6) is 0 Å². The first-order chi connectivity index (χ1) is 16.0. The SMILES string of the molecule is Cc1ncc(NC(=O)NCc2scc3c2CN([C@H]2CCCC(=O)NC2=O)C3=O)cc1C(F)(F)F. The molecule has 0 saturated carbocycles. The number of hydrogen-bond acceptors (Lipinski definition) is 6. The molecule has 9 nitrogen and oxygen atoms in total. The number of thiophene rings is 1. The summed E-state index contributed by atoms with van der Waals surface area (Å²) in [5.74, 6) is -1.19. The Hall–Kier alpha value is -3.48. The van der Waals surface area contributed by atoms with Gasteiger partial charge in [-0.3, -0.25) is 24.7 Å². The molecule has 180 valence electrons. The molecule has 1 fully saturated rings. The minimum Gasteiger partial charge on any atom is -0.333 e. The Morgan fingerprint density at radius 1 is 1.32 bits per heavy atom. The third-order valence-electron chi connectivity index (χ3n) is 5.68. The predicted molar refractivity (Wildman–Crippen MR) is 115 cm³/mol. The van der Waals surface area contributed by atoms with Crippen molar-refractivity contribution in [1.82, 2.24) is 20.5 Å². The van der Waals surface area contributed by atoms with E-state index in [1.165, 1.54) is 23.2 Å². The summed E-state index contributed by atoms with van der Waals surface area (Å²) in [4.78, 5) is 54.8. The molecule has 1 saturated heterocycles. The second-order valence-corrected chi connectivity index (χ2v) is 8.93. The number of carbonyl (C=O) groups is 4. The number of alkyl halides is 3. The number of anilines is 1. The lowest BCUT2D eigenvalue weighted by atomic mass is 10.1. The number of halogens is 3. The Balaban J connectivity index is 1.40. The van der Waals surface area contributed by atoms with E-state index in [0.29, 0.717) is 28.8 Å². The van der Waals surface area contributed by atoms with Gasteiger partial charge in [-0.1, -0.05) is 0 Å². The number of amides is 5. The van der Waals surface area contributed by atoms with Crippen molar-refractivity contribution in [2.45, 2.75) is 51.5 Å². The number of nitrogens with zero attached hydrogens (tertiary/aromatic N) is 2. The molecule has 4 heterocycles. The minimum absolute atomic E-state index is 0.0354. The first-order valence-corrected chi connectivity index (χ1v) is 11.2. The van der Waals surface area contributed by atoms with E-state index in [9.17, 15) is 32.3 Å². The van der Waals surface area contributed by atoms with Gasteiger partial charge >= 0.3 is 12.2 Å². The highest BCUT2D eigenvalue weighted by molar-refractivity contribution is 7.10. The maximum absolute atomic E-state index is 13.1. The van der Waals surface area contributed by atoms with Gasteiger partial charge in [-0.2, -0.15) is 13.2 Å². The highest BCUT2D eigenvalue weighted by Crippen LogP contribution is 2.34. The molecular formula is C21H20F3N5O4S. The molecule has 34 heavy (non-hydrogen) atoms. The maximum Gasteiger partial charge on any atom is 0.418 e. The van der Waals surface area contributed by atoms with Crippen molar-refractivity contribution >= 4 is 40.8 Å². The summed E-state index contributed by atoms with van der Waals surface area (Å²) >= 11 is 1.26. The summed E-state index contributed by atoms with van der Waals surface area (Å²) < 4.78 is 39.2. The van der Waals surface area contributed by atoms with Crippen LogP contribution in [-0.2, 0) is 28.9 Å². The molecule has 0 aliphatic carbocycles. The fourth-order valence-corrected chi connectivity index (χ4v) is 4.94. The number of carbonyl (C=O) groups excluding carboxylic acids is 4. The van der Waals surface area contributed by atoms with Gasteiger partial charge in [0.15, 0.2) is 0 Å². The van der Waals surface area contributed by atoms with Gasteiger partial charge in [0.2, 0.25) is 11.8 Å². The molecule has 3 N–H and O–H groups in total. The number of rotatable bonds is 4. The van der Waals surface area contributed by atoms with Gasteiger partial charge in [0.1, 0.15) is 6.04 Å². The van der Waals surface area contributed by atoms with E-state index in [2.05, 4.69) is 20.9 Å². The Bertz CT molecular complexity index is 1180. The van der Waals surface area contributed by atoms with Crippen LogP contribution in [0.2, 0.25) is 0 Å². The molecule has 2 aliphatic rings. The van der Waals surface area contributed by atoms with Gasteiger partial charge in [0.25, 0.3) is 5.91 Å². The van der Waals surface area contributed by atoms with Crippen LogP contribution in [0.1, 0.15) is 51.3 Å². The second-order valence-electron chi connectivity index (χ2n) is 7.97. The van der Waals surface area contributed by atoms with Crippen LogP contribution in [0, 0.1) is 6.92 Å². The third kappa shape index (κ3) is 4.74. The summed E-state index contributed by atoms with van der Waals surface area (Å²) in [7, 11) is 0. The molecule has 2 aromatic heterocycles. The Kier molecular flexibility index (Phi) is 6.30. The Labute approximate surface area is 195 Å². The fraction of sp³-hybridized carbons (Fsp3) is 0.381. The van der Waals surface area contributed by atoms with Gasteiger partial charge in [-0.05, 0) is 31.4 Å². The molecule has 0 unspecified atom stereocenters. The van der Waals surface area contributed by atoms with Crippen molar-refractivity contribution < 1.29 is 32.3 Å². The minimum atomic E-state index is -4.59. The summed E-state index contributed by atoms with van der Waals surface area (Å²) in [6.45, 7) is 1.43. The summed E-state index contributed by atoms with van der Waals surface area (Å²) in [6, 6.07) is -0.676. The number of imide groups is 1. The van der Waals surface area contributed by atoms with E-state index in [4.69, 9.17) is 0 Å². The Morgan fingerprint density at radius 3 is 2.82 bits per heavy atom. The van der Waals surface area contributed by atoms with Crippen molar-refractivity contribution in [1.29, 1.82) is 0 Å². The lowest BCUT2D eigenvalue weighted by Crippen LogP contribution is -2.47. The average Bonchev–Trinajstić information content (AvgIpc) is 3.24. The smallest absolute Gasteiger partial charge is 0.333 e. The van der Waals surface area contributed by atoms with Gasteiger partial charge in [0.05, 0.1) is 29.6 Å². The normalized spacial score (nSPS) is 18.4. The number of urea groups is 1. The monoisotopic (exact) mass is 495 g/mol. The zero-order chi connectivity index (χ0) is 24.6. The quantitative estimate of drug-likeness (QED) is 0.564. The molecule has 0 radical (unpaired) electrons. The fourth-order valence-electron chi connectivity index (χ4n) is 3.96. The summed E-state index contributed by atoms with van der Waals surface area (Å²) in [5.41, 5.74) is -0.141. The number of aromatic nitrogens is 1. The van der Waals surface area contributed by atoms with Crippen LogP contribution < -0.4 is 16.0 Å². The standard InChI is InChI=1S/C21H20F3N5O4S/c1-10-14(21(22,23)24)5-11(6-25-10)27-20(33)26-7-16-12-8-29(19(32)13(12)9-34-16)15-3-2-4-17(30)28-18(15)31/h5-6,9,15H,2-4,7-8H2,1H3,(H2,26,27,33)(H,28,30,31)/t15-/m0/s1. The van der Waals surface area contributed by atoms with E-state index in [0.717, 1.165) is 12.3 Å². The van der Waals surface area contributed by atoms with Crippen LogP contribution >= 0.6 is 11.3 Å². The topological polar surface area (TPSA) is 120 Å². The van der Waals surface area contributed by atoms with Crippen molar-refractivity contribution in [3.63, 3.8) is 0 Å². The lowest BCUT2D eigenvalue weighted by molar-refractivity contribution is -0.138. The summed E-state index contributed by atoms with van der Waals surface area (Å²) in [6.07, 6.45) is -2.39. The van der Waals surface area contributed by atoms with Crippen LogP contribution in [0.3, 0.4) is 0 Å². The van der Waals surface area contributed by atoms with Crippen molar-refractivity contribution in [3.05, 3.63) is 44.9 Å². The van der Waals surface area contributed by atoms with Crippen LogP contribution in [-0.4, -0.2) is 39.7 Å². The number of pyridine rings is 1. The first kappa shape index (κ1) is 23.7. The lowest BCUT2D eigenvalue weighted by Gasteiger charge is -2.25. The molecule has 13 heteroatoms. The predicted octanol–water partition coefficient (Wildman–Crippen LogP) is 2.94. The van der Waals surface area contributed by atoms with Crippen molar-refractivity contribution in [2.75, 3.05) is 5.32 Å². The van der Waals surface area contributed by atoms with Crippen LogP contribution in [0.4, 0.5) is 23.7 Å². The molecule has 0 spiro atoms. The summed E-state index contributed by atoms with van der Waals surface area (Å²) in [5, 5.41) is 8.83. The van der Waals surface area contributed by atoms with Crippen LogP contribution in [0.15, 0.2) is 17.6 Å². The molecule has 4 rings (SSSR count). The number of nitrogens with one attached hydrogen (secondary N) is 3. The average molecular weight is 495 g/mol. The first-order valence-electron chi connectivity index (χ1n) is 10.4. The van der Waals surface area contributed by atoms with Gasteiger partial charge in [-0.15, -0.1) is 11.3 Å². The molecule has 2 aliphatic heterocycles. The molecule has 2 aromatic rings. The number of aryl methyl sites for hydroxylation is 1. The van der Waals surface area contributed by atoms with E-state index in [1.54, 1.807) is 5.38 Å². The highest BCUT2D eigenvalue weighted by Gasteiger charge is 2.39. The zero-order valence-corrected chi connectivity index (χ0v) is 18.7. The zero-order valence-electron chi connectivity index (χ0n) is 17.9. The van der Waals surface area contributed by atoms with Gasteiger partial charge in [-0.25, -0.2) is 4.79 Å². The Morgan fingerprint density at radius 2 is 2.09 bits per heavy atom. The molecule has 1 atom stereocenters. The molecule has 0 aromatic carbocycles. The molecule has 0 bridgehead atoms. The molecule has 5 amide bonds. The highest BCUT2D eigenvalue weighted by atomic mass is 32.1. The second kappa shape index (κ2) is 9.05. The van der Waals surface area contributed by atoms with E-state index in [1.807, 2.05) is 0 Å². The van der Waals surface area contributed by atoms with Crippen LogP contribution in [0.25, 0.3) is 0 Å². The largest absolute Gasteiger partial charge is 0.418 e. The third-order valence-corrected chi connectivity index (χ3v) is 6.71. The van der Waals surface area contributed by atoms with Crippen molar-refractivity contribution in [3.8, 4) is 0 Å². The van der Waals surface area contributed by atoms with Crippen molar-refractivity contribution in [2.24, 2.45) is 0 Å². The number of hydrogen-bond donors (Lipinski definition) is 3.